The zero-order valence-electron chi connectivity index (χ0n) is 4.60. The summed E-state index contributed by atoms with van der Waals surface area (Å²) in [6.07, 6.45) is -11.3. The Kier molecular flexibility index (Phi) is 1.60. The van der Waals surface area contributed by atoms with Crippen molar-refractivity contribution in [1.82, 2.24) is 0 Å². The highest BCUT2D eigenvalue weighted by Gasteiger charge is 2.56. The number of hydrogen-bond acceptors (Lipinski definition) is 2. The number of rotatable bonds is 1. The van der Waals surface area contributed by atoms with Crippen molar-refractivity contribution in [1.29, 1.82) is 0 Å². The molecule has 1 aliphatic heterocycles. The first-order valence-corrected chi connectivity index (χ1v) is 2.47. The Balaban J connectivity index is 2.42. The molecule has 2 nitrogen and oxygen atoms in total. The van der Waals surface area contributed by atoms with E-state index in [1.807, 2.05) is 0 Å². The Morgan fingerprint density at radius 2 is 1.80 bits per heavy atom. The molecule has 1 heterocycles. The van der Waals surface area contributed by atoms with Crippen molar-refractivity contribution in [2.75, 3.05) is 0 Å². The van der Waals surface area contributed by atoms with E-state index in [0.717, 1.165) is 0 Å². The predicted octanol–water partition coefficient (Wildman–Crippen LogP) is 0.604. The van der Waals surface area contributed by atoms with E-state index in [1.54, 1.807) is 0 Å². The number of halogens is 4. The number of aliphatic hydroxyl groups is 1. The second-order valence-corrected chi connectivity index (χ2v) is 1.93. The van der Waals surface area contributed by atoms with Crippen molar-refractivity contribution in [3.05, 3.63) is 0 Å². The summed E-state index contributed by atoms with van der Waals surface area (Å²) in [6.45, 7) is 0. The Labute approximate surface area is 53.4 Å². The van der Waals surface area contributed by atoms with Gasteiger partial charge in [-0.3, -0.25) is 0 Å². The normalized spacial score (nSPS) is 35.7. The van der Waals surface area contributed by atoms with Gasteiger partial charge in [-0.15, -0.1) is 0 Å². The number of hydrogen-bond donors (Lipinski definition) is 1. The van der Waals surface area contributed by atoms with Gasteiger partial charge in [0.2, 0.25) is 6.17 Å². The maximum atomic E-state index is 11.9. The van der Waals surface area contributed by atoms with Crippen LogP contribution in [0.15, 0.2) is 0 Å². The SMILES string of the molecule is OC1OC1C(F)C(F)(F)F. The molecule has 1 N–H and O–H groups in total. The van der Waals surface area contributed by atoms with Crippen molar-refractivity contribution < 1.29 is 27.4 Å². The van der Waals surface area contributed by atoms with Gasteiger partial charge in [-0.1, -0.05) is 0 Å². The molecule has 3 atom stereocenters. The smallest absolute Gasteiger partial charge is 0.366 e. The average Bonchev–Trinajstić information content (AvgIpc) is 2.42. The van der Waals surface area contributed by atoms with Crippen LogP contribution in [0.4, 0.5) is 17.6 Å². The quantitative estimate of drug-likeness (QED) is 0.450. The molecular formula is C4H4F4O2. The highest BCUT2D eigenvalue weighted by atomic mass is 19.4. The molecule has 0 aromatic carbocycles. The van der Waals surface area contributed by atoms with E-state index in [4.69, 9.17) is 5.11 Å². The van der Waals surface area contributed by atoms with Crippen LogP contribution >= 0.6 is 0 Å². The standard InChI is InChI=1S/C4H4F4O2/c5-2(4(6,7)8)1-3(9)10-1/h1-3,9H. The van der Waals surface area contributed by atoms with E-state index in [0.29, 0.717) is 0 Å². The van der Waals surface area contributed by atoms with Gasteiger partial charge in [-0.2, -0.15) is 13.2 Å². The summed E-state index contributed by atoms with van der Waals surface area (Å²) in [6, 6.07) is 0. The molecule has 3 unspecified atom stereocenters. The summed E-state index contributed by atoms with van der Waals surface area (Å²) in [5.41, 5.74) is 0. The Hall–Kier alpha value is -0.360. The van der Waals surface area contributed by atoms with Crippen LogP contribution in [0.5, 0.6) is 0 Å². The van der Waals surface area contributed by atoms with Crippen molar-refractivity contribution in [3.63, 3.8) is 0 Å². The van der Waals surface area contributed by atoms with Crippen LogP contribution in [-0.2, 0) is 4.74 Å². The van der Waals surface area contributed by atoms with Gasteiger partial charge < -0.3 is 9.84 Å². The fourth-order valence-corrected chi connectivity index (χ4v) is 0.515. The van der Waals surface area contributed by atoms with E-state index in [9.17, 15) is 17.6 Å². The van der Waals surface area contributed by atoms with E-state index < -0.39 is 24.7 Å². The molecule has 1 rings (SSSR count). The maximum absolute atomic E-state index is 11.9. The molecule has 1 fully saturated rings. The first-order chi connectivity index (χ1) is 4.43. The fraction of sp³-hybridized carbons (Fsp3) is 1.00. The van der Waals surface area contributed by atoms with Crippen molar-refractivity contribution >= 4 is 0 Å². The topological polar surface area (TPSA) is 32.8 Å². The van der Waals surface area contributed by atoms with E-state index in [-0.39, 0.29) is 0 Å². The third-order valence-electron chi connectivity index (χ3n) is 1.10. The minimum absolute atomic E-state index is 1.59. The summed E-state index contributed by atoms with van der Waals surface area (Å²) in [5.74, 6) is 0. The lowest BCUT2D eigenvalue weighted by molar-refractivity contribution is -0.185. The molecule has 0 spiro atoms. The van der Waals surface area contributed by atoms with E-state index in [1.165, 1.54) is 0 Å². The Morgan fingerprint density at radius 3 is 1.90 bits per heavy atom. The van der Waals surface area contributed by atoms with Crippen LogP contribution in [0.3, 0.4) is 0 Å². The lowest BCUT2D eigenvalue weighted by atomic mass is 10.3. The maximum Gasteiger partial charge on any atom is 0.422 e. The van der Waals surface area contributed by atoms with Crippen LogP contribution in [-0.4, -0.2) is 29.8 Å². The molecule has 0 bridgehead atoms. The van der Waals surface area contributed by atoms with Gasteiger partial charge in [-0.25, -0.2) is 4.39 Å². The number of alkyl halides is 4. The summed E-state index contributed by atoms with van der Waals surface area (Å²) < 4.78 is 49.8. The number of aliphatic hydroxyl groups excluding tert-OH is 1. The molecule has 0 aromatic heterocycles. The monoisotopic (exact) mass is 160 g/mol. The zero-order chi connectivity index (χ0) is 7.94. The van der Waals surface area contributed by atoms with E-state index in [2.05, 4.69) is 4.74 Å². The van der Waals surface area contributed by atoms with Gasteiger partial charge in [0.05, 0.1) is 0 Å². The van der Waals surface area contributed by atoms with Gasteiger partial charge in [0.25, 0.3) is 0 Å². The number of epoxide rings is 1. The van der Waals surface area contributed by atoms with Crippen LogP contribution in [0.2, 0.25) is 0 Å². The van der Waals surface area contributed by atoms with Crippen LogP contribution in [0.25, 0.3) is 0 Å². The molecule has 0 radical (unpaired) electrons. The summed E-state index contributed by atoms with van der Waals surface area (Å²) in [4.78, 5) is 0. The molecule has 60 valence electrons. The molecule has 0 amide bonds. The van der Waals surface area contributed by atoms with Crippen LogP contribution < -0.4 is 0 Å². The van der Waals surface area contributed by atoms with E-state index >= 15 is 0 Å². The minimum Gasteiger partial charge on any atom is -0.366 e. The lowest BCUT2D eigenvalue weighted by Crippen LogP contribution is -2.30. The second kappa shape index (κ2) is 2.06. The third-order valence-corrected chi connectivity index (χ3v) is 1.10. The summed E-state index contributed by atoms with van der Waals surface area (Å²) >= 11 is 0. The number of ether oxygens (including phenoxy) is 1. The molecular weight excluding hydrogens is 156 g/mol. The molecule has 0 saturated carbocycles. The van der Waals surface area contributed by atoms with Crippen molar-refractivity contribution in [2.24, 2.45) is 0 Å². The van der Waals surface area contributed by atoms with Crippen molar-refractivity contribution in [2.45, 2.75) is 24.7 Å². The highest BCUT2D eigenvalue weighted by molar-refractivity contribution is 4.87. The Morgan fingerprint density at radius 1 is 1.40 bits per heavy atom. The van der Waals surface area contributed by atoms with Gasteiger partial charge in [0.15, 0.2) is 12.4 Å². The largest absolute Gasteiger partial charge is 0.422 e. The molecule has 10 heavy (non-hydrogen) atoms. The molecule has 6 heteroatoms. The molecule has 0 aromatic rings. The lowest BCUT2D eigenvalue weighted by Gasteiger charge is -2.07. The fourth-order valence-electron chi connectivity index (χ4n) is 0.515. The first kappa shape index (κ1) is 7.74. The van der Waals surface area contributed by atoms with Gasteiger partial charge in [-0.05, 0) is 0 Å². The van der Waals surface area contributed by atoms with Gasteiger partial charge in [0.1, 0.15) is 0 Å². The second-order valence-electron chi connectivity index (χ2n) is 1.93. The van der Waals surface area contributed by atoms with Crippen LogP contribution in [0.1, 0.15) is 0 Å². The molecule has 1 aliphatic rings. The summed E-state index contributed by atoms with van der Waals surface area (Å²) in [7, 11) is 0. The predicted molar refractivity (Wildman–Crippen MR) is 21.8 cm³/mol. The average molecular weight is 160 g/mol. The van der Waals surface area contributed by atoms with Crippen molar-refractivity contribution in [3.8, 4) is 0 Å². The van der Waals surface area contributed by atoms with Gasteiger partial charge in [0, 0.05) is 0 Å². The zero-order valence-corrected chi connectivity index (χ0v) is 4.60. The minimum atomic E-state index is -4.93. The van der Waals surface area contributed by atoms with Crippen LogP contribution in [0, 0.1) is 0 Å². The van der Waals surface area contributed by atoms with Gasteiger partial charge >= 0.3 is 6.18 Å². The highest BCUT2D eigenvalue weighted by Crippen LogP contribution is 2.35. The molecule has 0 aliphatic carbocycles. The third kappa shape index (κ3) is 1.38. The Bertz CT molecular complexity index is 134. The molecule has 1 saturated heterocycles. The first-order valence-electron chi connectivity index (χ1n) is 2.47. The summed E-state index contributed by atoms with van der Waals surface area (Å²) in [5, 5.41) is 8.20.